The molecule has 3 aromatic rings. The Kier molecular flexibility index (Phi) is 4.72. The second kappa shape index (κ2) is 6.69. The molecule has 2 aromatic heterocycles. The Morgan fingerprint density at radius 1 is 1.35 bits per heavy atom. The minimum atomic E-state index is -5.06. The van der Waals surface area contributed by atoms with E-state index >= 15 is 0 Å². The van der Waals surface area contributed by atoms with Crippen molar-refractivity contribution < 1.29 is 23.1 Å². The molecule has 1 amide bonds. The molecule has 3 rings (SSSR count). The fourth-order valence-corrected chi connectivity index (χ4v) is 3.44. The third-order valence-electron chi connectivity index (χ3n) is 3.85. The summed E-state index contributed by atoms with van der Waals surface area (Å²) >= 11 is 1.34. The molecule has 0 aliphatic heterocycles. The first-order chi connectivity index (χ1) is 12.2. The van der Waals surface area contributed by atoms with Gasteiger partial charge in [-0.15, -0.1) is 11.3 Å². The number of aromatic nitrogens is 3. The van der Waals surface area contributed by atoms with Crippen molar-refractivity contribution in [1.82, 2.24) is 19.9 Å². The van der Waals surface area contributed by atoms with E-state index in [2.05, 4.69) is 15.3 Å². The van der Waals surface area contributed by atoms with Gasteiger partial charge in [-0.05, 0) is 12.1 Å². The summed E-state index contributed by atoms with van der Waals surface area (Å²) in [6, 6.07) is 7.34. The number of hydrogen-bond acceptors (Lipinski definition) is 5. The quantitative estimate of drug-likeness (QED) is 0.708. The number of nitrogens with one attached hydrogen (secondary N) is 1. The van der Waals surface area contributed by atoms with Gasteiger partial charge in [0.05, 0.1) is 23.2 Å². The summed E-state index contributed by atoms with van der Waals surface area (Å²) in [7, 11) is 1.32. The number of aliphatic hydroxyl groups is 1. The lowest BCUT2D eigenvalue weighted by molar-refractivity contribution is -0.271. The SMILES string of the molecule is Cn1ccnc1C(O)(CC(=O)NCc1nc2ccccc2s1)C(F)(F)F. The number of halogens is 3. The topological polar surface area (TPSA) is 80.0 Å². The van der Waals surface area contributed by atoms with E-state index < -0.39 is 29.9 Å². The van der Waals surface area contributed by atoms with Crippen molar-refractivity contribution in [3.8, 4) is 0 Å². The lowest BCUT2D eigenvalue weighted by atomic mass is 9.97. The van der Waals surface area contributed by atoms with E-state index in [0.29, 0.717) is 5.01 Å². The number of rotatable bonds is 5. The lowest BCUT2D eigenvalue weighted by Crippen LogP contribution is -2.47. The highest BCUT2D eigenvalue weighted by Crippen LogP contribution is 2.40. The predicted octanol–water partition coefficient (Wildman–Crippen LogP) is 2.49. The molecule has 1 aromatic carbocycles. The van der Waals surface area contributed by atoms with Crippen LogP contribution in [-0.2, 0) is 24.0 Å². The summed E-state index contributed by atoms with van der Waals surface area (Å²) in [6.45, 7) is -0.0211. The summed E-state index contributed by atoms with van der Waals surface area (Å²) in [5.41, 5.74) is -2.62. The van der Waals surface area contributed by atoms with Gasteiger partial charge in [-0.3, -0.25) is 4.79 Å². The van der Waals surface area contributed by atoms with E-state index in [-0.39, 0.29) is 6.54 Å². The highest BCUT2D eigenvalue weighted by molar-refractivity contribution is 7.18. The Morgan fingerprint density at radius 3 is 2.69 bits per heavy atom. The maximum atomic E-state index is 13.4. The molecular weight excluding hydrogens is 369 g/mol. The molecule has 6 nitrogen and oxygen atoms in total. The van der Waals surface area contributed by atoms with Crippen LogP contribution in [0.25, 0.3) is 10.2 Å². The van der Waals surface area contributed by atoms with Crippen molar-refractivity contribution >= 4 is 27.5 Å². The zero-order chi connectivity index (χ0) is 18.9. The molecule has 0 spiro atoms. The van der Waals surface area contributed by atoms with Gasteiger partial charge in [0.25, 0.3) is 0 Å². The number of nitrogens with zero attached hydrogens (tertiary/aromatic N) is 3. The number of para-hydroxylation sites is 1. The van der Waals surface area contributed by atoms with Crippen LogP contribution >= 0.6 is 11.3 Å². The molecule has 138 valence electrons. The standard InChI is InChI=1S/C16H15F3N4O2S/c1-23-7-6-20-14(23)15(25,16(17,18)19)8-12(24)21-9-13-22-10-4-2-3-5-11(10)26-13/h2-7,25H,8-9H2,1H3,(H,21,24). The smallest absolute Gasteiger partial charge is 0.374 e. The number of aryl methyl sites for hydroxylation is 1. The number of carbonyl (C=O) groups excluding carboxylic acids is 1. The summed E-state index contributed by atoms with van der Waals surface area (Å²) < 4.78 is 42.2. The zero-order valence-corrected chi connectivity index (χ0v) is 14.4. The molecule has 0 saturated carbocycles. The molecule has 0 aliphatic rings. The maximum absolute atomic E-state index is 13.4. The first-order valence-electron chi connectivity index (χ1n) is 7.59. The third kappa shape index (κ3) is 3.42. The Balaban J connectivity index is 1.73. The monoisotopic (exact) mass is 384 g/mol. The number of benzene rings is 1. The van der Waals surface area contributed by atoms with Crippen LogP contribution in [0.1, 0.15) is 17.3 Å². The summed E-state index contributed by atoms with van der Waals surface area (Å²) in [5.74, 6) is -1.59. The largest absolute Gasteiger partial charge is 0.425 e. The molecule has 0 saturated heterocycles. The van der Waals surface area contributed by atoms with Crippen LogP contribution in [0.5, 0.6) is 0 Å². The van der Waals surface area contributed by atoms with Crippen LogP contribution in [0.15, 0.2) is 36.7 Å². The van der Waals surface area contributed by atoms with Crippen LogP contribution in [-0.4, -0.2) is 31.7 Å². The van der Waals surface area contributed by atoms with Crippen LogP contribution in [0.4, 0.5) is 13.2 Å². The molecule has 0 bridgehead atoms. The fourth-order valence-electron chi connectivity index (χ4n) is 2.53. The predicted molar refractivity (Wildman–Crippen MR) is 89.2 cm³/mol. The zero-order valence-electron chi connectivity index (χ0n) is 13.6. The number of hydrogen-bond donors (Lipinski definition) is 2. The van der Waals surface area contributed by atoms with E-state index in [4.69, 9.17) is 0 Å². The van der Waals surface area contributed by atoms with E-state index in [1.54, 1.807) is 6.07 Å². The first kappa shape index (κ1) is 18.3. The molecule has 0 fully saturated rings. The molecule has 0 radical (unpaired) electrons. The van der Waals surface area contributed by atoms with Gasteiger partial charge in [-0.25, -0.2) is 9.97 Å². The average Bonchev–Trinajstić information content (AvgIpc) is 3.17. The molecule has 0 aliphatic carbocycles. The lowest BCUT2D eigenvalue weighted by Gasteiger charge is -2.29. The summed E-state index contributed by atoms with van der Waals surface area (Å²) in [5, 5.41) is 13.1. The van der Waals surface area contributed by atoms with E-state index in [9.17, 15) is 23.1 Å². The molecule has 1 unspecified atom stereocenters. The van der Waals surface area contributed by atoms with E-state index in [1.165, 1.54) is 24.6 Å². The first-order valence-corrected chi connectivity index (χ1v) is 8.40. The number of thiazole rings is 1. The van der Waals surface area contributed by atoms with Crippen LogP contribution in [0.2, 0.25) is 0 Å². The number of carbonyl (C=O) groups is 1. The van der Waals surface area contributed by atoms with Gasteiger partial charge in [0, 0.05) is 19.4 Å². The Morgan fingerprint density at radius 2 is 2.08 bits per heavy atom. The number of alkyl halides is 3. The highest BCUT2D eigenvalue weighted by Gasteiger charge is 2.58. The fraction of sp³-hybridized carbons (Fsp3) is 0.312. The molecule has 10 heteroatoms. The van der Waals surface area contributed by atoms with Gasteiger partial charge in [0.1, 0.15) is 5.01 Å². The van der Waals surface area contributed by atoms with Gasteiger partial charge < -0.3 is 15.0 Å². The van der Waals surface area contributed by atoms with Gasteiger partial charge >= 0.3 is 6.18 Å². The van der Waals surface area contributed by atoms with Gasteiger partial charge in [0.2, 0.25) is 11.5 Å². The Bertz CT molecular complexity index is 904. The molecule has 1 atom stereocenters. The van der Waals surface area contributed by atoms with Crippen LogP contribution in [0, 0.1) is 0 Å². The Labute approximate surface area is 150 Å². The minimum absolute atomic E-state index is 0.0211. The number of imidazole rings is 1. The normalized spacial score (nSPS) is 14.3. The minimum Gasteiger partial charge on any atom is -0.374 e. The molecule has 26 heavy (non-hydrogen) atoms. The summed E-state index contributed by atoms with van der Waals surface area (Å²) in [4.78, 5) is 19.9. The van der Waals surface area contributed by atoms with Gasteiger partial charge in [0.15, 0.2) is 5.82 Å². The Hall–Kier alpha value is -2.46. The van der Waals surface area contributed by atoms with Gasteiger partial charge in [-0.2, -0.15) is 13.2 Å². The van der Waals surface area contributed by atoms with Crippen LogP contribution < -0.4 is 5.32 Å². The van der Waals surface area contributed by atoms with Crippen molar-refractivity contribution in [2.45, 2.75) is 24.7 Å². The van der Waals surface area contributed by atoms with Crippen molar-refractivity contribution in [2.24, 2.45) is 7.05 Å². The second-order valence-corrected chi connectivity index (χ2v) is 6.86. The van der Waals surface area contributed by atoms with Crippen molar-refractivity contribution in [3.05, 3.63) is 47.5 Å². The molecular formula is C16H15F3N4O2S. The van der Waals surface area contributed by atoms with Crippen molar-refractivity contribution in [2.75, 3.05) is 0 Å². The van der Waals surface area contributed by atoms with Crippen molar-refractivity contribution in [1.29, 1.82) is 0 Å². The summed E-state index contributed by atoms with van der Waals surface area (Å²) in [6.07, 6.45) is -3.85. The van der Waals surface area contributed by atoms with Gasteiger partial charge in [-0.1, -0.05) is 12.1 Å². The van der Waals surface area contributed by atoms with E-state index in [0.717, 1.165) is 21.0 Å². The average molecular weight is 384 g/mol. The molecule has 2 heterocycles. The van der Waals surface area contributed by atoms with Crippen molar-refractivity contribution in [3.63, 3.8) is 0 Å². The third-order valence-corrected chi connectivity index (χ3v) is 4.89. The number of fused-ring (bicyclic) bond motifs is 1. The van der Waals surface area contributed by atoms with Crippen LogP contribution in [0.3, 0.4) is 0 Å². The number of amides is 1. The molecule has 2 N–H and O–H groups in total. The highest BCUT2D eigenvalue weighted by atomic mass is 32.1. The van der Waals surface area contributed by atoms with E-state index in [1.807, 2.05) is 18.2 Å². The second-order valence-electron chi connectivity index (χ2n) is 5.75. The maximum Gasteiger partial charge on any atom is 0.425 e.